The lowest BCUT2D eigenvalue weighted by Crippen LogP contribution is -2.56. The molecule has 3 atom stereocenters. The number of hydrogen-bond donors (Lipinski definition) is 3. The zero-order valence-electron chi connectivity index (χ0n) is 22.5. The number of rotatable bonds is 10. The molecule has 9 heteroatoms. The lowest BCUT2D eigenvalue weighted by Gasteiger charge is -2.34. The topological polar surface area (TPSA) is 130 Å². The summed E-state index contributed by atoms with van der Waals surface area (Å²) in [5, 5.41) is 10.3. The van der Waals surface area contributed by atoms with Crippen LogP contribution >= 0.6 is 0 Å². The van der Waals surface area contributed by atoms with Gasteiger partial charge in [-0.1, -0.05) is 52.0 Å². The SMILES string of the molecule is CC[C@@H](C(=O)N(C)[C@@H](Cc1ccc(O)c(C(C)(C)C)c1)C(N)=O)N(C)C(=O)[C@@H](N)Cc1ccc(F)cc1. The van der Waals surface area contributed by atoms with E-state index in [0.717, 1.165) is 5.56 Å². The molecule has 0 spiro atoms. The number of primary amides is 1. The lowest BCUT2D eigenvalue weighted by atomic mass is 9.84. The fraction of sp³-hybridized carbons (Fsp3) is 0.464. The quantitative estimate of drug-likeness (QED) is 0.449. The Balaban J connectivity index is 2.20. The first-order valence-electron chi connectivity index (χ1n) is 12.3. The van der Waals surface area contributed by atoms with Crippen LogP contribution in [-0.4, -0.2) is 64.8 Å². The van der Waals surface area contributed by atoms with Gasteiger partial charge in [0.2, 0.25) is 17.7 Å². The molecule has 3 amide bonds. The highest BCUT2D eigenvalue weighted by Gasteiger charge is 2.34. The average molecular weight is 515 g/mol. The standard InChI is InChI=1S/C28H39FN4O4/c1-7-22(32(5)26(36)21(30)15-17-8-11-19(29)12-9-17)27(37)33(6)23(25(31)35)16-18-10-13-24(34)20(14-18)28(2,3)4/h8-14,21-23,34H,7,15-16,30H2,1-6H3,(H2,31,35)/t21-,22-,23-/m0/s1. The van der Waals surface area contributed by atoms with E-state index in [9.17, 15) is 23.9 Å². The van der Waals surface area contributed by atoms with Crippen LogP contribution in [0.25, 0.3) is 0 Å². The number of aromatic hydroxyl groups is 1. The maximum Gasteiger partial charge on any atom is 0.245 e. The van der Waals surface area contributed by atoms with E-state index in [4.69, 9.17) is 11.5 Å². The molecule has 37 heavy (non-hydrogen) atoms. The molecule has 8 nitrogen and oxygen atoms in total. The number of carbonyl (C=O) groups is 3. The molecule has 0 saturated heterocycles. The molecule has 5 N–H and O–H groups in total. The van der Waals surface area contributed by atoms with Crippen molar-refractivity contribution >= 4 is 17.7 Å². The Hall–Kier alpha value is -3.46. The van der Waals surface area contributed by atoms with E-state index < -0.39 is 35.8 Å². The van der Waals surface area contributed by atoms with Gasteiger partial charge in [-0.15, -0.1) is 0 Å². The summed E-state index contributed by atoms with van der Waals surface area (Å²) in [6.07, 6.45) is 0.636. The van der Waals surface area contributed by atoms with Gasteiger partial charge in [-0.3, -0.25) is 14.4 Å². The van der Waals surface area contributed by atoms with Crippen molar-refractivity contribution in [2.24, 2.45) is 11.5 Å². The molecule has 0 unspecified atom stereocenters. The van der Waals surface area contributed by atoms with Crippen LogP contribution in [0.5, 0.6) is 5.75 Å². The summed E-state index contributed by atoms with van der Waals surface area (Å²) in [6.45, 7) is 7.66. The van der Waals surface area contributed by atoms with E-state index in [0.29, 0.717) is 17.5 Å². The second-order valence-corrected chi connectivity index (χ2v) is 10.5. The van der Waals surface area contributed by atoms with Crippen molar-refractivity contribution in [3.8, 4) is 5.75 Å². The summed E-state index contributed by atoms with van der Waals surface area (Å²) >= 11 is 0. The molecule has 0 heterocycles. The second kappa shape index (κ2) is 12.2. The van der Waals surface area contributed by atoms with Gasteiger partial charge in [0, 0.05) is 20.5 Å². The van der Waals surface area contributed by atoms with Crippen molar-refractivity contribution < 1.29 is 23.9 Å². The van der Waals surface area contributed by atoms with Crippen LogP contribution in [-0.2, 0) is 32.6 Å². The number of phenols is 1. The van der Waals surface area contributed by atoms with E-state index >= 15 is 0 Å². The zero-order chi connectivity index (χ0) is 28.1. The van der Waals surface area contributed by atoms with Crippen LogP contribution in [0.2, 0.25) is 0 Å². The van der Waals surface area contributed by atoms with Gasteiger partial charge in [0.25, 0.3) is 0 Å². The number of nitrogens with zero attached hydrogens (tertiary/aromatic N) is 2. The Labute approximate surface area is 218 Å². The van der Waals surface area contributed by atoms with E-state index in [1.54, 1.807) is 31.2 Å². The van der Waals surface area contributed by atoms with Crippen LogP contribution in [0.15, 0.2) is 42.5 Å². The van der Waals surface area contributed by atoms with Crippen molar-refractivity contribution in [2.75, 3.05) is 14.1 Å². The smallest absolute Gasteiger partial charge is 0.245 e. The number of carbonyl (C=O) groups excluding carboxylic acids is 3. The third-order valence-corrected chi connectivity index (χ3v) is 6.61. The number of amides is 3. The van der Waals surface area contributed by atoms with Gasteiger partial charge in [-0.2, -0.15) is 0 Å². The first-order valence-corrected chi connectivity index (χ1v) is 12.3. The Morgan fingerprint density at radius 3 is 1.97 bits per heavy atom. The molecule has 0 bridgehead atoms. The van der Waals surface area contributed by atoms with Gasteiger partial charge in [-0.25, -0.2) is 4.39 Å². The molecule has 0 aliphatic heterocycles. The normalized spacial score (nSPS) is 13.9. The highest BCUT2D eigenvalue weighted by Crippen LogP contribution is 2.31. The van der Waals surface area contributed by atoms with Gasteiger partial charge in [0.1, 0.15) is 23.7 Å². The van der Waals surface area contributed by atoms with Gasteiger partial charge in [0.15, 0.2) is 0 Å². The number of phenolic OH excluding ortho intramolecular Hbond substituents is 1. The van der Waals surface area contributed by atoms with E-state index in [1.165, 1.54) is 36.0 Å². The third-order valence-electron chi connectivity index (χ3n) is 6.61. The van der Waals surface area contributed by atoms with Gasteiger partial charge >= 0.3 is 0 Å². The average Bonchev–Trinajstić information content (AvgIpc) is 2.83. The van der Waals surface area contributed by atoms with Crippen LogP contribution in [0.3, 0.4) is 0 Å². The predicted octanol–water partition coefficient (Wildman–Crippen LogP) is 2.49. The van der Waals surface area contributed by atoms with Crippen molar-refractivity contribution in [3.05, 3.63) is 65.0 Å². The monoisotopic (exact) mass is 514 g/mol. The molecule has 202 valence electrons. The molecule has 0 fully saturated rings. The number of nitrogens with two attached hydrogens (primary N) is 2. The minimum atomic E-state index is -0.963. The van der Waals surface area contributed by atoms with Crippen molar-refractivity contribution in [2.45, 2.75) is 70.5 Å². The van der Waals surface area contributed by atoms with E-state index in [-0.39, 0.29) is 29.8 Å². The second-order valence-electron chi connectivity index (χ2n) is 10.5. The van der Waals surface area contributed by atoms with E-state index in [2.05, 4.69) is 0 Å². The summed E-state index contributed by atoms with van der Waals surface area (Å²) in [5.41, 5.74) is 13.6. The molecule has 0 aliphatic carbocycles. The molecule has 0 radical (unpaired) electrons. The number of hydrogen-bond acceptors (Lipinski definition) is 5. The highest BCUT2D eigenvalue weighted by atomic mass is 19.1. The lowest BCUT2D eigenvalue weighted by molar-refractivity contribution is -0.147. The molecular weight excluding hydrogens is 475 g/mol. The fourth-order valence-corrected chi connectivity index (χ4v) is 4.34. The first kappa shape index (κ1) is 29.8. The highest BCUT2D eigenvalue weighted by molar-refractivity contribution is 5.92. The summed E-state index contributed by atoms with van der Waals surface area (Å²) < 4.78 is 13.2. The van der Waals surface area contributed by atoms with Crippen molar-refractivity contribution in [1.82, 2.24) is 9.80 Å². The van der Waals surface area contributed by atoms with Crippen molar-refractivity contribution in [1.29, 1.82) is 0 Å². The number of likely N-dealkylation sites (N-methyl/N-ethyl adjacent to an activating group) is 2. The fourth-order valence-electron chi connectivity index (χ4n) is 4.34. The molecule has 2 aromatic carbocycles. The maximum atomic E-state index is 13.5. The Morgan fingerprint density at radius 1 is 0.919 bits per heavy atom. The number of halogens is 1. The molecular formula is C28H39FN4O4. The first-order chi connectivity index (χ1) is 17.2. The van der Waals surface area contributed by atoms with Gasteiger partial charge in [-0.05, 0) is 53.1 Å². The Bertz CT molecular complexity index is 1110. The minimum Gasteiger partial charge on any atom is -0.508 e. The molecule has 0 aromatic heterocycles. The summed E-state index contributed by atoms with van der Waals surface area (Å²) in [5.74, 6) is -1.79. The van der Waals surface area contributed by atoms with Crippen LogP contribution in [0.1, 0.15) is 50.8 Å². The summed E-state index contributed by atoms with van der Waals surface area (Å²) in [7, 11) is 2.99. The largest absolute Gasteiger partial charge is 0.508 e. The molecule has 2 aromatic rings. The van der Waals surface area contributed by atoms with Crippen molar-refractivity contribution in [3.63, 3.8) is 0 Å². The zero-order valence-corrected chi connectivity index (χ0v) is 22.5. The Morgan fingerprint density at radius 2 is 1.46 bits per heavy atom. The third kappa shape index (κ3) is 7.52. The van der Waals surface area contributed by atoms with Crippen LogP contribution in [0, 0.1) is 5.82 Å². The van der Waals surface area contributed by atoms with E-state index in [1.807, 2.05) is 26.8 Å². The summed E-state index contributed by atoms with van der Waals surface area (Å²) in [4.78, 5) is 41.5. The molecule has 0 aliphatic rings. The predicted molar refractivity (Wildman–Crippen MR) is 141 cm³/mol. The van der Waals surface area contributed by atoms with Crippen LogP contribution < -0.4 is 11.5 Å². The molecule has 0 saturated carbocycles. The molecule has 2 rings (SSSR count). The van der Waals surface area contributed by atoms with Crippen LogP contribution in [0.4, 0.5) is 4.39 Å². The maximum absolute atomic E-state index is 13.5. The van der Waals surface area contributed by atoms with Gasteiger partial charge in [0.05, 0.1) is 6.04 Å². The Kier molecular flexibility index (Phi) is 9.80. The minimum absolute atomic E-state index is 0.152. The van der Waals surface area contributed by atoms with Gasteiger partial charge < -0.3 is 26.4 Å². The summed E-state index contributed by atoms with van der Waals surface area (Å²) in [6, 6.07) is 8.04. The number of benzene rings is 2.